The summed E-state index contributed by atoms with van der Waals surface area (Å²) in [6.45, 7) is 0. The minimum atomic E-state index is -0.440. The van der Waals surface area contributed by atoms with E-state index in [2.05, 4.69) is 12.6 Å². The van der Waals surface area contributed by atoms with E-state index in [4.69, 9.17) is 4.74 Å². The van der Waals surface area contributed by atoms with Gasteiger partial charge in [-0.25, -0.2) is 0 Å². The average molecular weight is 199 g/mol. The first kappa shape index (κ1) is 10.0. The van der Waals surface area contributed by atoms with Crippen LogP contribution in [-0.2, 0) is 4.74 Å². The molecule has 1 atom stereocenters. The van der Waals surface area contributed by atoms with Crippen molar-refractivity contribution in [1.82, 2.24) is 0 Å². The maximum absolute atomic E-state index is 10.3. The Morgan fingerprint density at radius 3 is 2.38 bits per heavy atom. The summed E-state index contributed by atoms with van der Waals surface area (Å²) < 4.78 is 4.93. The van der Waals surface area contributed by atoms with Gasteiger partial charge in [0.2, 0.25) is 0 Å². The summed E-state index contributed by atoms with van der Waals surface area (Å²) >= 11 is 4.11. The molecule has 4 nitrogen and oxygen atoms in total. The van der Waals surface area contributed by atoms with Crippen molar-refractivity contribution in [3.8, 4) is 0 Å². The number of methoxy groups -OCH3 is 1. The average Bonchev–Trinajstić information content (AvgIpc) is 2.17. The van der Waals surface area contributed by atoms with Gasteiger partial charge in [-0.2, -0.15) is 0 Å². The van der Waals surface area contributed by atoms with Crippen LogP contribution in [0.4, 0.5) is 5.69 Å². The van der Waals surface area contributed by atoms with Crippen LogP contribution in [0.1, 0.15) is 11.0 Å². The first-order valence-electron chi connectivity index (χ1n) is 3.60. The van der Waals surface area contributed by atoms with E-state index in [1.54, 1.807) is 12.1 Å². The molecule has 70 valence electrons. The summed E-state index contributed by atoms with van der Waals surface area (Å²) in [6.07, 6.45) is 0. The Morgan fingerprint density at radius 1 is 1.46 bits per heavy atom. The van der Waals surface area contributed by atoms with Gasteiger partial charge in [0.05, 0.1) is 4.92 Å². The molecule has 0 aliphatic carbocycles. The Hall–Kier alpha value is -1.07. The van der Waals surface area contributed by atoms with Gasteiger partial charge in [0.15, 0.2) is 0 Å². The molecule has 0 saturated heterocycles. The largest absolute Gasteiger partial charge is 0.366 e. The van der Waals surface area contributed by atoms with Gasteiger partial charge in [-0.05, 0) is 17.7 Å². The number of ether oxygens (including phenoxy) is 1. The predicted octanol–water partition coefficient (Wildman–Crippen LogP) is 2.17. The molecule has 0 saturated carbocycles. The Morgan fingerprint density at radius 2 is 2.00 bits per heavy atom. The van der Waals surface area contributed by atoms with Crippen LogP contribution < -0.4 is 0 Å². The Bertz CT molecular complexity index is 299. The molecule has 1 unspecified atom stereocenters. The van der Waals surface area contributed by atoms with Gasteiger partial charge >= 0.3 is 0 Å². The zero-order chi connectivity index (χ0) is 9.84. The van der Waals surface area contributed by atoms with Crippen molar-refractivity contribution in [3.05, 3.63) is 39.9 Å². The Labute approximate surface area is 81.1 Å². The first-order valence-corrected chi connectivity index (χ1v) is 4.12. The standard InChI is InChI=1S/C8H9NO3S/c1-12-8(13)6-2-4-7(5-3-6)9(10)11/h2-5,8,13H,1H3. The summed E-state index contributed by atoms with van der Waals surface area (Å²) in [6, 6.07) is 6.10. The van der Waals surface area contributed by atoms with E-state index in [-0.39, 0.29) is 11.1 Å². The molecule has 0 amide bonds. The van der Waals surface area contributed by atoms with Crippen molar-refractivity contribution in [2.45, 2.75) is 5.44 Å². The molecular weight excluding hydrogens is 190 g/mol. The van der Waals surface area contributed by atoms with Gasteiger partial charge in [-0.3, -0.25) is 10.1 Å². The molecule has 1 aromatic carbocycles. The number of nitro benzene ring substituents is 1. The van der Waals surface area contributed by atoms with Crippen molar-refractivity contribution in [2.75, 3.05) is 7.11 Å². The third-order valence-electron chi connectivity index (χ3n) is 1.61. The second kappa shape index (κ2) is 4.25. The van der Waals surface area contributed by atoms with Crippen molar-refractivity contribution in [2.24, 2.45) is 0 Å². The zero-order valence-corrected chi connectivity index (χ0v) is 7.90. The first-order chi connectivity index (χ1) is 6.15. The number of nitro groups is 1. The van der Waals surface area contributed by atoms with Crippen molar-refractivity contribution < 1.29 is 9.66 Å². The summed E-state index contributed by atoms with van der Waals surface area (Å²) in [7, 11) is 1.53. The maximum atomic E-state index is 10.3. The topological polar surface area (TPSA) is 52.4 Å². The van der Waals surface area contributed by atoms with Crippen molar-refractivity contribution >= 4 is 18.3 Å². The predicted molar refractivity (Wildman–Crippen MR) is 51.8 cm³/mol. The van der Waals surface area contributed by atoms with E-state index in [0.29, 0.717) is 0 Å². The third kappa shape index (κ3) is 2.43. The molecule has 0 aliphatic rings. The van der Waals surface area contributed by atoms with Crippen LogP contribution in [0, 0.1) is 10.1 Å². The lowest BCUT2D eigenvalue weighted by molar-refractivity contribution is -0.384. The molecule has 0 fully saturated rings. The van der Waals surface area contributed by atoms with Gasteiger partial charge in [0, 0.05) is 19.2 Å². The highest BCUT2D eigenvalue weighted by molar-refractivity contribution is 7.80. The summed E-state index contributed by atoms with van der Waals surface area (Å²) in [4.78, 5) is 9.87. The fraction of sp³-hybridized carbons (Fsp3) is 0.250. The van der Waals surface area contributed by atoms with Crippen LogP contribution in [0.5, 0.6) is 0 Å². The van der Waals surface area contributed by atoms with Gasteiger partial charge in [-0.15, -0.1) is 12.6 Å². The Balaban J connectivity index is 2.87. The van der Waals surface area contributed by atoms with E-state index in [0.717, 1.165) is 5.56 Å². The van der Waals surface area contributed by atoms with E-state index in [1.807, 2.05) is 0 Å². The van der Waals surface area contributed by atoms with E-state index in [9.17, 15) is 10.1 Å². The summed E-state index contributed by atoms with van der Waals surface area (Å²) in [5, 5.41) is 10.3. The minimum Gasteiger partial charge on any atom is -0.366 e. The SMILES string of the molecule is COC(S)c1ccc([N+](=O)[O-])cc1. The molecule has 0 heterocycles. The van der Waals surface area contributed by atoms with E-state index in [1.165, 1.54) is 19.2 Å². The minimum absolute atomic E-state index is 0.0698. The Kier molecular flexibility index (Phi) is 3.27. The number of hydrogen-bond donors (Lipinski definition) is 1. The highest BCUT2D eigenvalue weighted by Gasteiger charge is 2.07. The second-order valence-corrected chi connectivity index (χ2v) is 2.91. The fourth-order valence-electron chi connectivity index (χ4n) is 0.897. The molecule has 13 heavy (non-hydrogen) atoms. The fourth-order valence-corrected chi connectivity index (χ4v) is 1.07. The van der Waals surface area contributed by atoms with Crippen molar-refractivity contribution in [1.29, 1.82) is 0 Å². The van der Waals surface area contributed by atoms with Gasteiger partial charge in [-0.1, -0.05) is 0 Å². The third-order valence-corrected chi connectivity index (χ3v) is 2.12. The normalized spacial score (nSPS) is 12.5. The van der Waals surface area contributed by atoms with Crippen LogP contribution in [0.25, 0.3) is 0 Å². The molecule has 0 bridgehead atoms. The number of rotatable bonds is 3. The van der Waals surface area contributed by atoms with Crippen LogP contribution in [0.3, 0.4) is 0 Å². The molecule has 0 aliphatic heterocycles. The van der Waals surface area contributed by atoms with Crippen LogP contribution in [-0.4, -0.2) is 12.0 Å². The second-order valence-electron chi connectivity index (χ2n) is 2.44. The molecule has 1 aromatic rings. The van der Waals surface area contributed by atoms with Gasteiger partial charge in [0.1, 0.15) is 5.44 Å². The summed E-state index contributed by atoms with van der Waals surface area (Å²) in [5.41, 5.74) is 0.539. The van der Waals surface area contributed by atoms with Crippen LogP contribution in [0.2, 0.25) is 0 Å². The number of nitrogens with zero attached hydrogens (tertiary/aromatic N) is 1. The van der Waals surface area contributed by atoms with Crippen molar-refractivity contribution in [3.63, 3.8) is 0 Å². The molecule has 0 spiro atoms. The van der Waals surface area contributed by atoms with Gasteiger partial charge < -0.3 is 4.74 Å². The zero-order valence-electron chi connectivity index (χ0n) is 7.01. The molecule has 0 radical (unpaired) electrons. The number of benzene rings is 1. The lowest BCUT2D eigenvalue weighted by Crippen LogP contribution is -1.93. The van der Waals surface area contributed by atoms with Crippen LogP contribution >= 0.6 is 12.6 Å². The molecular formula is C8H9NO3S. The number of non-ortho nitro benzene ring substituents is 1. The molecule has 5 heteroatoms. The summed E-state index contributed by atoms with van der Waals surface area (Å²) in [5.74, 6) is 0. The molecule has 1 rings (SSSR count). The van der Waals surface area contributed by atoms with Gasteiger partial charge in [0.25, 0.3) is 5.69 Å². The molecule has 0 aromatic heterocycles. The maximum Gasteiger partial charge on any atom is 0.269 e. The molecule has 0 N–H and O–H groups in total. The van der Waals surface area contributed by atoms with Crippen LogP contribution in [0.15, 0.2) is 24.3 Å². The smallest absolute Gasteiger partial charge is 0.269 e. The quantitative estimate of drug-likeness (QED) is 0.351. The highest BCUT2D eigenvalue weighted by atomic mass is 32.1. The number of hydrogen-bond acceptors (Lipinski definition) is 4. The lowest BCUT2D eigenvalue weighted by atomic mass is 10.2. The van der Waals surface area contributed by atoms with E-state index >= 15 is 0 Å². The van der Waals surface area contributed by atoms with E-state index < -0.39 is 4.92 Å². The highest BCUT2D eigenvalue weighted by Crippen LogP contribution is 2.22. The monoisotopic (exact) mass is 199 g/mol. The lowest BCUT2D eigenvalue weighted by Gasteiger charge is -2.07. The number of thiol groups is 1.